The van der Waals surface area contributed by atoms with Gasteiger partial charge in [-0.3, -0.25) is 0 Å². The summed E-state index contributed by atoms with van der Waals surface area (Å²) in [6.45, 7) is 15.2. The molecule has 0 saturated heterocycles. The van der Waals surface area contributed by atoms with Crippen LogP contribution in [0.2, 0.25) is 0 Å². The highest BCUT2D eigenvalue weighted by Crippen LogP contribution is 1.93. The summed E-state index contributed by atoms with van der Waals surface area (Å²) >= 11 is 0. The zero-order valence-electron chi connectivity index (χ0n) is 6.64. The molecule has 0 aromatic carbocycles. The average molecular weight is 135 g/mol. The molecule has 0 heterocycles. The van der Waals surface area contributed by atoms with E-state index in [1.807, 2.05) is 25.5 Å². The van der Waals surface area contributed by atoms with Gasteiger partial charge in [0.05, 0.1) is 0 Å². The van der Waals surface area contributed by atoms with E-state index < -0.39 is 0 Å². The largest absolute Gasteiger partial charge is 0.106 e. The van der Waals surface area contributed by atoms with Gasteiger partial charge in [-0.1, -0.05) is 37.0 Å². The fourth-order valence-electron chi connectivity index (χ4n) is 0.298. The van der Waals surface area contributed by atoms with Gasteiger partial charge < -0.3 is 0 Å². The van der Waals surface area contributed by atoms with Crippen molar-refractivity contribution in [2.24, 2.45) is 0 Å². The molecule has 0 amide bonds. The number of hydrogen-bond donors (Lipinski definition) is 0. The predicted molar refractivity (Wildman–Crippen MR) is 49.7 cm³/mol. The molecule has 0 aliphatic rings. The van der Waals surface area contributed by atoms with Crippen molar-refractivity contribution >= 4 is 0 Å². The third-order valence-corrected chi connectivity index (χ3v) is 0.628. The third-order valence-electron chi connectivity index (χ3n) is 0.628. The molecule has 0 heteroatoms. The van der Waals surface area contributed by atoms with Crippen LogP contribution in [-0.4, -0.2) is 0 Å². The lowest BCUT2D eigenvalue weighted by Crippen LogP contribution is -1.66. The maximum atomic E-state index is 3.69. The van der Waals surface area contributed by atoms with Crippen LogP contribution < -0.4 is 0 Å². The van der Waals surface area contributed by atoms with Crippen LogP contribution in [0.5, 0.6) is 0 Å². The lowest BCUT2D eigenvalue weighted by molar-refractivity contribution is 1.47. The molecule has 0 N–H and O–H groups in total. The van der Waals surface area contributed by atoms with Crippen LogP contribution in [0.25, 0.3) is 0 Å². The summed E-state index contributed by atoms with van der Waals surface area (Å²) in [5.74, 6) is 0. The van der Waals surface area contributed by atoms with Crippen molar-refractivity contribution in [3.63, 3.8) is 0 Å². The Kier molecular flexibility index (Phi) is 12.7. The molecule has 0 saturated carbocycles. The van der Waals surface area contributed by atoms with Gasteiger partial charge in [-0.05, 0) is 6.92 Å². The zero-order chi connectivity index (χ0) is 8.41. The van der Waals surface area contributed by atoms with Crippen LogP contribution in [0.4, 0.5) is 0 Å². The van der Waals surface area contributed by atoms with Crippen LogP contribution in [0.15, 0.2) is 50.1 Å². The zero-order valence-corrected chi connectivity index (χ0v) is 6.64. The Bertz CT molecular complexity index is 118. The minimum absolute atomic E-state index is 1.06. The van der Waals surface area contributed by atoms with Crippen LogP contribution in [0.1, 0.15) is 6.92 Å². The van der Waals surface area contributed by atoms with Crippen molar-refractivity contribution in [3.05, 3.63) is 56.5 Å². The van der Waals surface area contributed by atoms with Crippen LogP contribution in [0, 0.1) is 6.42 Å². The molecule has 0 unspecified atom stereocenters. The smallest absolute Gasteiger partial charge is 0.00745 e. The number of allylic oxidation sites excluding steroid dienone is 4. The molecule has 0 nitrogen and oxygen atoms in total. The molecule has 0 bridgehead atoms. The van der Waals surface area contributed by atoms with E-state index >= 15 is 0 Å². The first-order valence-electron chi connectivity index (χ1n) is 3.05. The first-order valence-corrected chi connectivity index (χ1v) is 3.05. The van der Waals surface area contributed by atoms with E-state index in [-0.39, 0.29) is 0 Å². The molecule has 55 valence electrons. The van der Waals surface area contributed by atoms with E-state index in [9.17, 15) is 0 Å². The maximum Gasteiger partial charge on any atom is 0.00745 e. The second-order valence-corrected chi connectivity index (χ2v) is 1.63. The highest BCUT2D eigenvalue weighted by molar-refractivity contribution is 5.17. The normalized spacial score (nSPS) is 8.10. The molecular weight excluding hydrogens is 120 g/mol. The minimum atomic E-state index is 1.06. The molecule has 0 aromatic heterocycles. The Morgan fingerprint density at radius 2 is 1.70 bits per heavy atom. The van der Waals surface area contributed by atoms with Crippen LogP contribution in [0.3, 0.4) is 0 Å². The van der Waals surface area contributed by atoms with Gasteiger partial charge in [0.15, 0.2) is 0 Å². The molecule has 0 aliphatic carbocycles. The summed E-state index contributed by atoms with van der Waals surface area (Å²) in [6, 6.07) is 0. The quantitative estimate of drug-likeness (QED) is 0.411. The van der Waals surface area contributed by atoms with E-state index in [1.165, 1.54) is 0 Å². The monoisotopic (exact) mass is 135 g/mol. The van der Waals surface area contributed by atoms with Gasteiger partial charge in [0.1, 0.15) is 0 Å². The van der Waals surface area contributed by atoms with Crippen molar-refractivity contribution in [3.8, 4) is 0 Å². The third kappa shape index (κ3) is 15.8. The predicted octanol–water partition coefficient (Wildman–Crippen LogP) is 3.31. The van der Waals surface area contributed by atoms with Gasteiger partial charge in [-0.25, -0.2) is 0 Å². The van der Waals surface area contributed by atoms with Crippen molar-refractivity contribution < 1.29 is 0 Å². The van der Waals surface area contributed by atoms with E-state index in [0.29, 0.717) is 0 Å². The lowest BCUT2D eigenvalue weighted by atomic mass is 10.2. The molecule has 1 radical (unpaired) electrons. The first kappa shape index (κ1) is 11.7. The molecule has 0 atom stereocenters. The highest BCUT2D eigenvalue weighted by Gasteiger charge is 1.75. The van der Waals surface area contributed by atoms with Crippen LogP contribution >= 0.6 is 0 Å². The number of hydrogen-bond acceptors (Lipinski definition) is 0. The fraction of sp³-hybridized carbons (Fsp3) is 0.100. The van der Waals surface area contributed by atoms with Gasteiger partial charge in [0.25, 0.3) is 0 Å². The van der Waals surface area contributed by atoms with Crippen molar-refractivity contribution in [1.82, 2.24) is 0 Å². The maximum absolute atomic E-state index is 3.69. The second kappa shape index (κ2) is 10.9. The van der Waals surface area contributed by atoms with Crippen molar-refractivity contribution in [2.45, 2.75) is 6.92 Å². The second-order valence-electron chi connectivity index (χ2n) is 1.63. The number of rotatable bonds is 3. The van der Waals surface area contributed by atoms with E-state index in [0.717, 1.165) is 5.57 Å². The summed E-state index contributed by atoms with van der Waals surface area (Å²) in [6.07, 6.45) is 7.45. The average Bonchev–Trinajstić information content (AvgIpc) is 1.92. The van der Waals surface area contributed by atoms with E-state index in [1.54, 1.807) is 6.08 Å². The molecule has 0 rings (SSSR count). The summed E-state index contributed by atoms with van der Waals surface area (Å²) < 4.78 is 0. The minimum Gasteiger partial charge on any atom is -0.106 e. The Morgan fingerprint density at radius 1 is 1.20 bits per heavy atom. The summed E-state index contributed by atoms with van der Waals surface area (Å²) in [5, 5.41) is 0. The Labute approximate surface area is 64.3 Å². The Hall–Kier alpha value is -1.04. The van der Waals surface area contributed by atoms with Gasteiger partial charge in [-0.15, -0.1) is 13.2 Å². The Balaban J connectivity index is 0. The molecule has 10 heavy (non-hydrogen) atoms. The molecule has 0 spiro atoms. The molecular formula is C10H15. The van der Waals surface area contributed by atoms with Crippen molar-refractivity contribution in [1.29, 1.82) is 0 Å². The van der Waals surface area contributed by atoms with Gasteiger partial charge in [-0.2, -0.15) is 0 Å². The van der Waals surface area contributed by atoms with Gasteiger partial charge >= 0.3 is 0 Å². The summed E-state index contributed by atoms with van der Waals surface area (Å²) in [5.41, 5.74) is 1.06. The molecule has 0 aliphatic heterocycles. The lowest BCUT2D eigenvalue weighted by Gasteiger charge is -1.84. The topological polar surface area (TPSA) is 0 Å². The summed E-state index contributed by atoms with van der Waals surface area (Å²) in [7, 11) is 0. The Morgan fingerprint density at radius 3 is 2.00 bits per heavy atom. The fourth-order valence-corrected chi connectivity index (χ4v) is 0.298. The standard InChI is InChI=1S/C8H11.C2H4/c1-4-5-6-7-8(2)3;1-2/h4-7H,1-2H2,3H3;1-2H2/b6-5-;. The van der Waals surface area contributed by atoms with Crippen LogP contribution in [-0.2, 0) is 0 Å². The van der Waals surface area contributed by atoms with E-state index in [2.05, 4.69) is 26.3 Å². The molecule has 0 aromatic rings. The van der Waals surface area contributed by atoms with Gasteiger partial charge in [0, 0.05) is 6.42 Å². The first-order chi connectivity index (χ1) is 4.77. The SMILES string of the molecule is C=C.C=C/C=C\[CH]C(=C)C. The molecule has 0 fully saturated rings. The van der Waals surface area contributed by atoms with E-state index in [4.69, 9.17) is 0 Å². The van der Waals surface area contributed by atoms with Crippen molar-refractivity contribution in [2.75, 3.05) is 0 Å². The highest BCUT2D eigenvalue weighted by atomic mass is 13.8. The summed E-state index contributed by atoms with van der Waals surface area (Å²) in [4.78, 5) is 0. The van der Waals surface area contributed by atoms with Gasteiger partial charge in [0.2, 0.25) is 0 Å².